The smallest absolute Gasteiger partial charge is 0.0769 e. The minimum atomic E-state index is 0.540. The lowest BCUT2D eigenvalue weighted by Gasteiger charge is -2.21. The van der Waals surface area contributed by atoms with Crippen LogP contribution in [0.25, 0.3) is 0 Å². The van der Waals surface area contributed by atoms with Gasteiger partial charge in [-0.2, -0.15) is 0 Å². The summed E-state index contributed by atoms with van der Waals surface area (Å²) >= 11 is 7.86. The maximum atomic E-state index is 5.96. The number of fused-ring (bicyclic) bond motifs is 1. The number of rotatable bonds is 1. The number of benzene rings is 1. The first-order chi connectivity index (χ1) is 6.22. The first-order valence-corrected chi connectivity index (χ1v) is 5.71. The Morgan fingerprint density at radius 3 is 3.00 bits per heavy atom. The van der Waals surface area contributed by atoms with Gasteiger partial charge in [0.25, 0.3) is 0 Å². The molecule has 0 radical (unpaired) electrons. The van der Waals surface area contributed by atoms with Gasteiger partial charge in [-0.25, -0.2) is 0 Å². The molecular formula is C10H12ClNS. The van der Waals surface area contributed by atoms with Crippen molar-refractivity contribution < 1.29 is 0 Å². The third-order valence-corrected chi connectivity index (χ3v) is 3.74. The van der Waals surface area contributed by atoms with Gasteiger partial charge in [-0.15, -0.1) is 0 Å². The first kappa shape index (κ1) is 9.22. The number of nitrogens with zero attached hydrogens (tertiary/aromatic N) is 1. The van der Waals surface area contributed by atoms with Gasteiger partial charge in [0.1, 0.15) is 0 Å². The zero-order chi connectivity index (χ0) is 9.42. The third-order valence-electron chi connectivity index (χ3n) is 2.31. The maximum Gasteiger partial charge on any atom is 0.0769 e. The van der Waals surface area contributed by atoms with Crippen LogP contribution in [0.5, 0.6) is 0 Å². The molecule has 0 spiro atoms. The first-order valence-electron chi connectivity index (χ1n) is 4.45. The van der Waals surface area contributed by atoms with Crippen LogP contribution in [0, 0.1) is 0 Å². The van der Waals surface area contributed by atoms with E-state index >= 15 is 0 Å². The van der Waals surface area contributed by atoms with E-state index in [2.05, 4.69) is 30.9 Å². The molecule has 0 aliphatic carbocycles. The highest BCUT2D eigenvalue weighted by Gasteiger charge is 2.25. The van der Waals surface area contributed by atoms with E-state index < -0.39 is 0 Å². The van der Waals surface area contributed by atoms with Gasteiger partial charge in [-0.05, 0) is 32.0 Å². The summed E-state index contributed by atoms with van der Waals surface area (Å²) in [6.45, 7) is 5.44. The van der Waals surface area contributed by atoms with E-state index in [4.69, 9.17) is 11.6 Å². The van der Waals surface area contributed by atoms with Gasteiger partial charge in [0.05, 0.1) is 11.1 Å². The van der Waals surface area contributed by atoms with E-state index in [1.165, 1.54) is 10.6 Å². The Kier molecular flexibility index (Phi) is 2.43. The van der Waals surface area contributed by atoms with E-state index in [0.29, 0.717) is 5.37 Å². The Hall–Kier alpha value is -0.340. The quantitative estimate of drug-likeness (QED) is 0.701. The zero-order valence-electron chi connectivity index (χ0n) is 7.75. The minimum Gasteiger partial charge on any atom is -0.359 e. The molecule has 3 heteroatoms. The Morgan fingerprint density at radius 1 is 1.54 bits per heavy atom. The van der Waals surface area contributed by atoms with Crippen LogP contribution in [-0.2, 0) is 0 Å². The molecule has 2 rings (SSSR count). The second kappa shape index (κ2) is 3.43. The van der Waals surface area contributed by atoms with Crippen molar-refractivity contribution in [1.82, 2.24) is 0 Å². The highest BCUT2D eigenvalue weighted by molar-refractivity contribution is 8.00. The van der Waals surface area contributed by atoms with Crippen LogP contribution in [-0.4, -0.2) is 11.9 Å². The van der Waals surface area contributed by atoms with Gasteiger partial charge in [0.15, 0.2) is 0 Å². The van der Waals surface area contributed by atoms with Gasteiger partial charge in [-0.3, -0.25) is 0 Å². The van der Waals surface area contributed by atoms with Gasteiger partial charge < -0.3 is 4.90 Å². The standard InChI is InChI=1S/C10H12ClNS/c1-3-12-7(2)13-10-5-4-8(11)6-9(10)12/h4-7H,3H2,1-2H3. The molecule has 0 saturated heterocycles. The monoisotopic (exact) mass is 213 g/mol. The highest BCUT2D eigenvalue weighted by atomic mass is 35.5. The van der Waals surface area contributed by atoms with Crippen LogP contribution in [0.2, 0.25) is 5.02 Å². The van der Waals surface area contributed by atoms with Crippen molar-refractivity contribution >= 4 is 29.1 Å². The van der Waals surface area contributed by atoms with Crippen molar-refractivity contribution in [2.75, 3.05) is 11.4 Å². The summed E-state index contributed by atoms with van der Waals surface area (Å²) in [5.74, 6) is 0. The number of halogens is 1. The molecule has 1 atom stereocenters. The molecule has 70 valence electrons. The summed E-state index contributed by atoms with van der Waals surface area (Å²) < 4.78 is 0. The van der Waals surface area contributed by atoms with Crippen molar-refractivity contribution in [2.24, 2.45) is 0 Å². The number of thioether (sulfide) groups is 1. The van der Waals surface area contributed by atoms with Crippen LogP contribution in [0.1, 0.15) is 13.8 Å². The average molecular weight is 214 g/mol. The number of hydrogen-bond donors (Lipinski definition) is 0. The molecule has 0 fully saturated rings. The number of hydrogen-bond acceptors (Lipinski definition) is 2. The lowest BCUT2D eigenvalue weighted by molar-refractivity contribution is 0.834. The molecule has 1 aliphatic rings. The predicted molar refractivity (Wildman–Crippen MR) is 59.8 cm³/mol. The second-order valence-electron chi connectivity index (χ2n) is 3.12. The van der Waals surface area contributed by atoms with E-state index in [9.17, 15) is 0 Å². The lowest BCUT2D eigenvalue weighted by Crippen LogP contribution is -2.25. The van der Waals surface area contributed by atoms with Crippen LogP contribution in [0.3, 0.4) is 0 Å². The predicted octanol–water partition coefficient (Wildman–Crippen LogP) is 3.62. The summed E-state index contributed by atoms with van der Waals surface area (Å²) in [7, 11) is 0. The van der Waals surface area contributed by atoms with Crippen LogP contribution < -0.4 is 4.90 Å². The highest BCUT2D eigenvalue weighted by Crippen LogP contribution is 2.43. The zero-order valence-corrected chi connectivity index (χ0v) is 9.32. The average Bonchev–Trinajstić information content (AvgIpc) is 2.40. The van der Waals surface area contributed by atoms with Crippen molar-refractivity contribution in [3.05, 3.63) is 23.2 Å². The Balaban J connectivity index is 2.44. The van der Waals surface area contributed by atoms with Crippen molar-refractivity contribution in [3.8, 4) is 0 Å². The van der Waals surface area contributed by atoms with E-state index in [-0.39, 0.29) is 0 Å². The SMILES string of the molecule is CCN1c2cc(Cl)ccc2SC1C. The Labute approximate surface area is 88.1 Å². The van der Waals surface area contributed by atoms with E-state index in [0.717, 1.165) is 11.6 Å². The van der Waals surface area contributed by atoms with Gasteiger partial charge in [0.2, 0.25) is 0 Å². The van der Waals surface area contributed by atoms with Crippen molar-refractivity contribution in [3.63, 3.8) is 0 Å². The van der Waals surface area contributed by atoms with E-state index in [1.54, 1.807) is 0 Å². The summed E-state index contributed by atoms with van der Waals surface area (Å²) in [5, 5.41) is 1.37. The summed E-state index contributed by atoms with van der Waals surface area (Å²) in [4.78, 5) is 3.71. The van der Waals surface area contributed by atoms with Gasteiger partial charge >= 0.3 is 0 Å². The van der Waals surface area contributed by atoms with Crippen LogP contribution in [0.15, 0.2) is 23.1 Å². The summed E-state index contributed by atoms with van der Waals surface area (Å²) in [6.07, 6.45) is 0. The van der Waals surface area contributed by atoms with Crippen LogP contribution >= 0.6 is 23.4 Å². The molecule has 1 nitrogen and oxygen atoms in total. The maximum absolute atomic E-state index is 5.96. The fourth-order valence-electron chi connectivity index (χ4n) is 1.69. The third kappa shape index (κ3) is 1.53. The molecule has 0 N–H and O–H groups in total. The summed E-state index contributed by atoms with van der Waals surface area (Å²) in [5.41, 5.74) is 1.28. The minimum absolute atomic E-state index is 0.540. The van der Waals surface area contributed by atoms with Crippen molar-refractivity contribution in [1.29, 1.82) is 0 Å². The lowest BCUT2D eigenvalue weighted by atomic mass is 10.3. The molecule has 0 bridgehead atoms. The fourth-order valence-corrected chi connectivity index (χ4v) is 3.05. The molecule has 1 aliphatic heterocycles. The molecule has 0 amide bonds. The van der Waals surface area contributed by atoms with E-state index in [1.807, 2.05) is 17.8 Å². The number of anilines is 1. The Bertz CT molecular complexity index is 327. The molecule has 13 heavy (non-hydrogen) atoms. The van der Waals surface area contributed by atoms with Gasteiger partial charge in [-0.1, -0.05) is 23.4 Å². The van der Waals surface area contributed by atoms with Crippen molar-refractivity contribution in [2.45, 2.75) is 24.1 Å². The molecule has 1 heterocycles. The second-order valence-corrected chi connectivity index (χ2v) is 4.91. The molecule has 1 unspecified atom stereocenters. The topological polar surface area (TPSA) is 3.24 Å². The molecule has 1 aromatic carbocycles. The molecule has 0 saturated carbocycles. The molecule has 0 aromatic heterocycles. The largest absolute Gasteiger partial charge is 0.359 e. The normalized spacial score (nSPS) is 20.5. The van der Waals surface area contributed by atoms with Gasteiger partial charge in [0, 0.05) is 16.5 Å². The molecular weight excluding hydrogens is 202 g/mol. The summed E-state index contributed by atoms with van der Waals surface area (Å²) in [6, 6.07) is 6.12. The fraction of sp³-hybridized carbons (Fsp3) is 0.400. The molecule has 1 aromatic rings. The van der Waals surface area contributed by atoms with Crippen LogP contribution in [0.4, 0.5) is 5.69 Å². The Morgan fingerprint density at radius 2 is 2.31 bits per heavy atom.